The van der Waals surface area contributed by atoms with Gasteiger partial charge in [-0.1, -0.05) is 37.6 Å². The minimum absolute atomic E-state index is 0. The molecule has 1 saturated heterocycles. The summed E-state index contributed by atoms with van der Waals surface area (Å²) < 4.78 is 4.87. The summed E-state index contributed by atoms with van der Waals surface area (Å²) in [6.45, 7) is 9.56. The van der Waals surface area contributed by atoms with Crippen molar-refractivity contribution in [2.24, 2.45) is 10.9 Å². The largest absolute Gasteiger partial charge is 0.469 e. The van der Waals surface area contributed by atoms with Crippen molar-refractivity contribution in [1.29, 1.82) is 0 Å². The molecule has 0 aromatic heterocycles. The summed E-state index contributed by atoms with van der Waals surface area (Å²) >= 11 is 6.00. The molecule has 1 N–H and O–H groups in total. The maximum absolute atomic E-state index is 11.7. The summed E-state index contributed by atoms with van der Waals surface area (Å²) in [6.07, 6.45) is 1.61. The summed E-state index contributed by atoms with van der Waals surface area (Å²) in [4.78, 5) is 18.8. The third kappa shape index (κ3) is 6.82. The Morgan fingerprint density at radius 2 is 1.89 bits per heavy atom. The van der Waals surface area contributed by atoms with Gasteiger partial charge < -0.3 is 15.0 Å². The fourth-order valence-electron chi connectivity index (χ4n) is 3.18. The zero-order chi connectivity index (χ0) is 19.2. The highest BCUT2D eigenvalue weighted by atomic mass is 127. The third-order valence-corrected chi connectivity index (χ3v) is 5.17. The Hall–Kier alpha value is -1.02. The number of methoxy groups -OCH3 is 1. The van der Waals surface area contributed by atoms with Gasteiger partial charge in [0.15, 0.2) is 5.96 Å². The second kappa shape index (κ2) is 11.1. The third-order valence-electron chi connectivity index (χ3n) is 4.91. The van der Waals surface area contributed by atoms with Gasteiger partial charge in [0, 0.05) is 30.1 Å². The highest BCUT2D eigenvalue weighted by molar-refractivity contribution is 14.0. The molecule has 0 saturated carbocycles. The fourth-order valence-corrected chi connectivity index (χ4v) is 3.31. The Labute approximate surface area is 184 Å². The van der Waals surface area contributed by atoms with E-state index in [1.807, 2.05) is 12.1 Å². The first-order valence-electron chi connectivity index (χ1n) is 9.24. The molecule has 0 unspecified atom stereocenters. The number of likely N-dealkylation sites (tertiary alicyclic amines) is 1. The van der Waals surface area contributed by atoms with Crippen LogP contribution in [0.2, 0.25) is 5.02 Å². The van der Waals surface area contributed by atoms with E-state index >= 15 is 0 Å². The van der Waals surface area contributed by atoms with Crippen LogP contribution in [0.25, 0.3) is 0 Å². The number of piperidine rings is 1. The van der Waals surface area contributed by atoms with Crippen LogP contribution in [0.3, 0.4) is 0 Å². The Morgan fingerprint density at radius 1 is 1.30 bits per heavy atom. The number of nitrogens with one attached hydrogen (secondary N) is 1. The topological polar surface area (TPSA) is 53.9 Å². The van der Waals surface area contributed by atoms with Crippen LogP contribution in [0, 0.1) is 5.92 Å². The van der Waals surface area contributed by atoms with Crippen LogP contribution < -0.4 is 5.32 Å². The molecule has 152 valence electrons. The molecular weight excluding hydrogens is 477 g/mol. The molecule has 1 heterocycles. The van der Waals surface area contributed by atoms with Gasteiger partial charge in [0.05, 0.1) is 19.6 Å². The molecule has 5 nitrogen and oxygen atoms in total. The molecule has 0 bridgehead atoms. The quantitative estimate of drug-likeness (QED) is 0.282. The molecule has 2 rings (SSSR count). The first-order chi connectivity index (χ1) is 12.4. The fraction of sp³-hybridized carbons (Fsp3) is 0.600. The van der Waals surface area contributed by atoms with Crippen LogP contribution in [0.1, 0.15) is 39.2 Å². The van der Waals surface area contributed by atoms with Gasteiger partial charge in [-0.2, -0.15) is 0 Å². The molecule has 1 aliphatic rings. The van der Waals surface area contributed by atoms with Gasteiger partial charge in [-0.25, -0.2) is 0 Å². The smallest absolute Gasteiger partial charge is 0.308 e. The highest BCUT2D eigenvalue weighted by Gasteiger charge is 2.27. The molecule has 1 aromatic rings. The second-order valence-corrected chi connectivity index (χ2v) is 7.78. The first kappa shape index (κ1) is 24.0. The number of hydrogen-bond acceptors (Lipinski definition) is 3. The number of benzene rings is 1. The van der Waals surface area contributed by atoms with Crippen molar-refractivity contribution in [3.63, 3.8) is 0 Å². The number of rotatable bonds is 5. The van der Waals surface area contributed by atoms with E-state index in [9.17, 15) is 4.79 Å². The number of carbonyl (C=O) groups is 1. The second-order valence-electron chi connectivity index (χ2n) is 7.35. The molecule has 1 aromatic carbocycles. The van der Waals surface area contributed by atoms with Gasteiger partial charge in [-0.15, -0.1) is 24.0 Å². The SMILES string of the molecule is CCNC(=NCC(C)(C)c1ccc(Cl)cc1)N1CCC(C(=O)OC)CC1.I. The van der Waals surface area contributed by atoms with Crippen molar-refractivity contribution in [3.05, 3.63) is 34.9 Å². The lowest BCUT2D eigenvalue weighted by atomic mass is 9.85. The van der Waals surface area contributed by atoms with Gasteiger partial charge >= 0.3 is 5.97 Å². The Bertz CT molecular complexity index is 627. The lowest BCUT2D eigenvalue weighted by Crippen LogP contribution is -2.47. The molecule has 0 atom stereocenters. The maximum atomic E-state index is 11.7. The molecule has 1 fully saturated rings. The summed E-state index contributed by atoms with van der Waals surface area (Å²) in [5, 5.41) is 4.13. The predicted octanol–water partition coefficient (Wildman–Crippen LogP) is 4.09. The number of esters is 1. The summed E-state index contributed by atoms with van der Waals surface area (Å²) in [5.41, 5.74) is 1.13. The minimum atomic E-state index is -0.101. The van der Waals surface area contributed by atoms with E-state index in [1.54, 1.807) is 0 Å². The summed E-state index contributed by atoms with van der Waals surface area (Å²) in [7, 11) is 1.46. The van der Waals surface area contributed by atoms with Gasteiger partial charge in [0.1, 0.15) is 0 Å². The number of aliphatic imine (C=N–C) groups is 1. The number of carbonyl (C=O) groups excluding carboxylic acids is 1. The zero-order valence-corrected chi connectivity index (χ0v) is 19.7. The van der Waals surface area contributed by atoms with E-state index in [1.165, 1.54) is 12.7 Å². The molecule has 27 heavy (non-hydrogen) atoms. The van der Waals surface area contributed by atoms with Crippen LogP contribution in [-0.2, 0) is 14.9 Å². The van der Waals surface area contributed by atoms with Crippen molar-refractivity contribution in [3.8, 4) is 0 Å². The maximum Gasteiger partial charge on any atom is 0.308 e. The van der Waals surface area contributed by atoms with Crippen LogP contribution >= 0.6 is 35.6 Å². The standard InChI is InChI=1S/C20H30ClN3O2.HI/c1-5-22-19(24-12-10-15(11-13-24)18(25)26-4)23-14-20(2,3)16-6-8-17(21)9-7-16;/h6-9,15H,5,10-14H2,1-4H3,(H,22,23);1H. The highest BCUT2D eigenvalue weighted by Crippen LogP contribution is 2.25. The van der Waals surface area contributed by atoms with Gasteiger partial charge in [0.25, 0.3) is 0 Å². The van der Waals surface area contributed by atoms with Crippen LogP contribution in [0.15, 0.2) is 29.3 Å². The summed E-state index contributed by atoms with van der Waals surface area (Å²) in [6, 6.07) is 7.97. The molecule has 0 radical (unpaired) electrons. The van der Waals surface area contributed by atoms with Gasteiger partial charge in [-0.05, 0) is 37.5 Å². The average molecular weight is 508 g/mol. The van der Waals surface area contributed by atoms with Crippen LogP contribution in [-0.4, -0.2) is 50.1 Å². The van der Waals surface area contributed by atoms with Crippen molar-refractivity contribution in [2.45, 2.75) is 39.0 Å². The summed E-state index contributed by atoms with van der Waals surface area (Å²) in [5.74, 6) is 0.818. The monoisotopic (exact) mass is 507 g/mol. The average Bonchev–Trinajstić information content (AvgIpc) is 2.65. The van der Waals surface area contributed by atoms with Crippen molar-refractivity contribution >= 4 is 47.5 Å². The van der Waals surface area contributed by atoms with Crippen molar-refractivity contribution in [2.75, 3.05) is 33.3 Å². The Balaban J connectivity index is 0.00000364. The zero-order valence-electron chi connectivity index (χ0n) is 16.6. The van der Waals surface area contributed by atoms with Crippen molar-refractivity contribution in [1.82, 2.24) is 10.2 Å². The minimum Gasteiger partial charge on any atom is -0.469 e. The molecule has 0 amide bonds. The molecule has 0 aliphatic carbocycles. The molecule has 1 aliphatic heterocycles. The van der Waals surface area contributed by atoms with Crippen LogP contribution in [0.5, 0.6) is 0 Å². The van der Waals surface area contributed by atoms with Gasteiger partial charge in [0.2, 0.25) is 0 Å². The molecule has 0 spiro atoms. The Kier molecular flexibility index (Phi) is 9.87. The van der Waals surface area contributed by atoms with E-state index in [0.717, 1.165) is 43.5 Å². The normalized spacial score (nSPS) is 15.9. The van der Waals surface area contributed by atoms with Crippen LogP contribution in [0.4, 0.5) is 0 Å². The van der Waals surface area contributed by atoms with Crippen molar-refractivity contribution < 1.29 is 9.53 Å². The number of halogens is 2. The first-order valence-corrected chi connectivity index (χ1v) is 9.62. The molecular formula is C20H31ClIN3O2. The van der Waals surface area contributed by atoms with E-state index in [2.05, 4.69) is 43.1 Å². The number of nitrogens with zero attached hydrogens (tertiary/aromatic N) is 2. The number of hydrogen-bond donors (Lipinski definition) is 1. The van der Waals surface area contributed by atoms with E-state index in [0.29, 0.717) is 6.54 Å². The van der Waals surface area contributed by atoms with E-state index in [4.69, 9.17) is 21.3 Å². The lowest BCUT2D eigenvalue weighted by molar-refractivity contribution is -0.146. The predicted molar refractivity (Wildman–Crippen MR) is 122 cm³/mol. The Morgan fingerprint density at radius 3 is 2.41 bits per heavy atom. The lowest BCUT2D eigenvalue weighted by Gasteiger charge is -2.34. The molecule has 7 heteroatoms. The van der Waals surface area contributed by atoms with E-state index in [-0.39, 0.29) is 41.3 Å². The number of guanidine groups is 1. The van der Waals surface area contributed by atoms with E-state index < -0.39 is 0 Å². The van der Waals surface area contributed by atoms with Gasteiger partial charge in [-0.3, -0.25) is 9.79 Å². The number of ether oxygens (including phenoxy) is 1.